The fourth-order valence-electron chi connectivity index (χ4n) is 4.10. The van der Waals surface area contributed by atoms with E-state index in [9.17, 15) is 13.2 Å². The molecule has 27 heavy (non-hydrogen) atoms. The summed E-state index contributed by atoms with van der Waals surface area (Å²) in [4.78, 5) is 14.8. The third kappa shape index (κ3) is 2.55. The van der Waals surface area contributed by atoms with Gasteiger partial charge in [-0.05, 0) is 48.3 Å². The van der Waals surface area contributed by atoms with E-state index in [0.29, 0.717) is 38.3 Å². The number of sulfonamides is 1. The van der Waals surface area contributed by atoms with Gasteiger partial charge < -0.3 is 15.1 Å². The van der Waals surface area contributed by atoms with Crippen molar-refractivity contribution in [3.05, 3.63) is 41.7 Å². The fourth-order valence-corrected chi connectivity index (χ4v) is 5.57. The van der Waals surface area contributed by atoms with Crippen molar-refractivity contribution in [3.63, 3.8) is 0 Å². The van der Waals surface area contributed by atoms with Crippen LogP contribution in [0.4, 0.5) is 0 Å². The molecule has 0 unspecified atom stereocenters. The van der Waals surface area contributed by atoms with Crippen LogP contribution < -0.4 is 5.73 Å². The number of rotatable bonds is 4. The highest BCUT2D eigenvalue weighted by Crippen LogP contribution is 2.47. The van der Waals surface area contributed by atoms with Gasteiger partial charge in [0.15, 0.2) is 0 Å². The number of nitrogens with zero attached hydrogens (tertiary/aromatic N) is 2. The first-order valence-electron chi connectivity index (χ1n) is 9.10. The van der Waals surface area contributed by atoms with E-state index in [1.807, 2.05) is 4.90 Å². The van der Waals surface area contributed by atoms with Crippen molar-refractivity contribution in [2.45, 2.75) is 17.7 Å². The molecule has 1 amide bonds. The van der Waals surface area contributed by atoms with E-state index in [2.05, 4.69) is 0 Å². The number of nitrogens with two attached hydrogens (primary N) is 1. The number of benzene rings is 1. The zero-order valence-corrected chi connectivity index (χ0v) is 15.7. The summed E-state index contributed by atoms with van der Waals surface area (Å²) < 4.78 is 32.8. The molecule has 8 heteroatoms. The molecule has 7 nitrogen and oxygen atoms in total. The molecule has 1 aromatic carbocycles. The molecular formula is C19H21N3O4S. The molecule has 5 rings (SSSR count). The summed E-state index contributed by atoms with van der Waals surface area (Å²) in [7, 11) is -3.58. The average Bonchev–Trinajstić information content (AvgIpc) is 2.97. The molecule has 3 heterocycles. The first-order chi connectivity index (χ1) is 12.9. The molecule has 2 N–H and O–H groups in total. The lowest BCUT2D eigenvalue weighted by Crippen LogP contribution is -2.42. The Morgan fingerprint density at radius 1 is 1.11 bits per heavy atom. The Labute approximate surface area is 157 Å². The Hall–Kier alpha value is -2.16. The number of amides is 1. The van der Waals surface area contributed by atoms with Crippen molar-refractivity contribution in [2.75, 3.05) is 32.7 Å². The zero-order valence-electron chi connectivity index (χ0n) is 14.8. The van der Waals surface area contributed by atoms with E-state index >= 15 is 0 Å². The lowest BCUT2D eigenvalue weighted by Gasteiger charge is -2.25. The third-order valence-electron chi connectivity index (χ3n) is 6.04. The van der Waals surface area contributed by atoms with Crippen LogP contribution in [0.5, 0.6) is 0 Å². The second kappa shape index (κ2) is 5.67. The number of hydrogen-bond acceptors (Lipinski definition) is 5. The van der Waals surface area contributed by atoms with E-state index in [1.54, 1.807) is 30.5 Å². The monoisotopic (exact) mass is 387 g/mol. The summed E-state index contributed by atoms with van der Waals surface area (Å²) in [6, 6.07) is 6.66. The van der Waals surface area contributed by atoms with Crippen LogP contribution in [-0.4, -0.2) is 56.3 Å². The van der Waals surface area contributed by atoms with Crippen LogP contribution in [-0.2, 0) is 14.8 Å². The fraction of sp³-hybridized carbons (Fsp3) is 0.421. The standard InChI is InChI=1S/C19H21N3O4S/c20-12-19(4-5-19)18(23)21-8-14-10-22(11-15(14)9-21)27(24,25)16-1-2-17-13(7-16)3-6-26-17/h1-3,6-7H,4-5,8-12,20H2. The molecule has 0 spiro atoms. The van der Waals surface area contributed by atoms with Gasteiger partial charge in [-0.3, -0.25) is 4.79 Å². The number of fused-ring (bicyclic) bond motifs is 1. The van der Waals surface area contributed by atoms with Gasteiger partial charge in [-0.2, -0.15) is 4.31 Å². The predicted molar refractivity (Wildman–Crippen MR) is 99.3 cm³/mol. The van der Waals surface area contributed by atoms with Crippen LogP contribution in [0.2, 0.25) is 0 Å². The van der Waals surface area contributed by atoms with Crippen LogP contribution in [0.15, 0.2) is 51.0 Å². The molecule has 1 saturated carbocycles. The Kier molecular flexibility index (Phi) is 3.56. The van der Waals surface area contributed by atoms with Crippen LogP contribution in [0.25, 0.3) is 11.0 Å². The Balaban J connectivity index is 1.32. The molecule has 0 bridgehead atoms. The maximum absolute atomic E-state index is 13.0. The summed E-state index contributed by atoms with van der Waals surface area (Å²) in [5.74, 6) is 0.124. The highest BCUT2D eigenvalue weighted by Gasteiger charge is 2.52. The van der Waals surface area contributed by atoms with E-state index in [1.165, 1.54) is 4.31 Å². The zero-order chi connectivity index (χ0) is 18.8. The molecule has 142 valence electrons. The minimum Gasteiger partial charge on any atom is -0.464 e. The van der Waals surface area contributed by atoms with E-state index in [0.717, 1.165) is 29.4 Å². The normalized spacial score (nSPS) is 21.9. The summed E-state index contributed by atoms with van der Waals surface area (Å²) in [6.07, 6.45) is 3.27. The largest absolute Gasteiger partial charge is 0.464 e. The molecule has 0 radical (unpaired) electrons. The van der Waals surface area contributed by atoms with Crippen molar-refractivity contribution in [1.29, 1.82) is 0 Å². The second-order valence-corrected chi connectivity index (χ2v) is 9.68. The molecule has 1 aliphatic carbocycles. The molecular weight excluding hydrogens is 366 g/mol. The van der Waals surface area contributed by atoms with Crippen LogP contribution in [0.3, 0.4) is 0 Å². The first-order valence-corrected chi connectivity index (χ1v) is 10.5. The number of furan rings is 1. The average molecular weight is 387 g/mol. The van der Waals surface area contributed by atoms with E-state index < -0.39 is 10.0 Å². The Bertz CT molecular complexity index is 1060. The number of carbonyl (C=O) groups is 1. The van der Waals surface area contributed by atoms with Crippen molar-refractivity contribution in [2.24, 2.45) is 11.1 Å². The van der Waals surface area contributed by atoms with Gasteiger partial charge in [0, 0.05) is 38.1 Å². The van der Waals surface area contributed by atoms with Crippen LogP contribution >= 0.6 is 0 Å². The molecule has 3 aliphatic rings. The molecule has 2 aromatic rings. The third-order valence-corrected chi connectivity index (χ3v) is 7.83. The molecule has 1 aromatic heterocycles. The topological polar surface area (TPSA) is 96.9 Å². The predicted octanol–water partition coefficient (Wildman–Crippen LogP) is 1.31. The smallest absolute Gasteiger partial charge is 0.243 e. The van der Waals surface area contributed by atoms with Gasteiger partial charge in [0.05, 0.1) is 16.6 Å². The minimum atomic E-state index is -3.58. The summed E-state index contributed by atoms with van der Waals surface area (Å²) in [5.41, 5.74) is 8.17. The molecule has 1 fully saturated rings. The summed E-state index contributed by atoms with van der Waals surface area (Å²) >= 11 is 0. The van der Waals surface area contributed by atoms with Gasteiger partial charge in [-0.1, -0.05) is 0 Å². The molecule has 2 aliphatic heterocycles. The van der Waals surface area contributed by atoms with Gasteiger partial charge in [0.1, 0.15) is 5.58 Å². The first kappa shape index (κ1) is 17.0. The maximum atomic E-state index is 13.0. The minimum absolute atomic E-state index is 0.124. The van der Waals surface area contributed by atoms with E-state index in [4.69, 9.17) is 10.2 Å². The highest BCUT2D eigenvalue weighted by molar-refractivity contribution is 7.89. The van der Waals surface area contributed by atoms with Gasteiger partial charge in [0.2, 0.25) is 15.9 Å². The summed E-state index contributed by atoms with van der Waals surface area (Å²) in [6.45, 7) is 2.12. The van der Waals surface area contributed by atoms with Gasteiger partial charge in [0.25, 0.3) is 0 Å². The number of hydrogen-bond donors (Lipinski definition) is 1. The maximum Gasteiger partial charge on any atom is 0.243 e. The second-order valence-electron chi connectivity index (χ2n) is 7.75. The Morgan fingerprint density at radius 3 is 2.44 bits per heavy atom. The van der Waals surface area contributed by atoms with Crippen molar-refractivity contribution < 1.29 is 17.6 Å². The SMILES string of the molecule is NCC1(C(=O)N2CC3=C(C2)CN(S(=O)(=O)c2ccc4occc4c2)C3)CC1. The Morgan fingerprint density at radius 2 is 1.81 bits per heavy atom. The van der Waals surface area contributed by atoms with Crippen molar-refractivity contribution >= 4 is 26.9 Å². The van der Waals surface area contributed by atoms with Crippen molar-refractivity contribution in [3.8, 4) is 0 Å². The lowest BCUT2D eigenvalue weighted by molar-refractivity contribution is -0.135. The highest BCUT2D eigenvalue weighted by atomic mass is 32.2. The van der Waals surface area contributed by atoms with Gasteiger partial charge in [-0.15, -0.1) is 0 Å². The number of carbonyl (C=O) groups excluding carboxylic acids is 1. The van der Waals surface area contributed by atoms with Gasteiger partial charge >= 0.3 is 0 Å². The molecule has 0 atom stereocenters. The lowest BCUT2D eigenvalue weighted by atomic mass is 10.1. The van der Waals surface area contributed by atoms with E-state index in [-0.39, 0.29) is 16.2 Å². The quantitative estimate of drug-likeness (QED) is 0.798. The van der Waals surface area contributed by atoms with Crippen LogP contribution in [0.1, 0.15) is 12.8 Å². The van der Waals surface area contributed by atoms with Crippen LogP contribution in [0, 0.1) is 5.41 Å². The van der Waals surface area contributed by atoms with Gasteiger partial charge in [-0.25, -0.2) is 8.42 Å². The van der Waals surface area contributed by atoms with Crippen molar-refractivity contribution in [1.82, 2.24) is 9.21 Å². The molecule has 0 saturated heterocycles. The summed E-state index contributed by atoms with van der Waals surface area (Å²) in [5, 5.41) is 0.768.